The van der Waals surface area contributed by atoms with E-state index in [1.165, 1.54) is 36.9 Å². The number of carboxylic acids is 1. The van der Waals surface area contributed by atoms with E-state index in [2.05, 4.69) is 22.4 Å². The molecule has 1 aliphatic rings. The fraction of sp³-hybridized carbons (Fsp3) is 0.292. The van der Waals surface area contributed by atoms with Gasteiger partial charge in [0.15, 0.2) is 6.39 Å². The van der Waals surface area contributed by atoms with Gasteiger partial charge in [-0.05, 0) is 68.0 Å². The zero-order valence-corrected chi connectivity index (χ0v) is 17.4. The van der Waals surface area contributed by atoms with Crippen LogP contribution in [0, 0.1) is 6.92 Å². The van der Waals surface area contributed by atoms with Gasteiger partial charge in [-0.1, -0.05) is 24.3 Å². The number of hydrogen-bond acceptors (Lipinski definition) is 5. The third-order valence-corrected chi connectivity index (χ3v) is 5.44. The van der Waals surface area contributed by atoms with E-state index in [-0.39, 0.29) is 17.2 Å². The molecule has 2 N–H and O–H groups in total. The molecule has 2 aromatic carbocycles. The van der Waals surface area contributed by atoms with Crippen LogP contribution < -0.4 is 10.1 Å². The van der Waals surface area contributed by atoms with Gasteiger partial charge in [-0.15, -0.1) is 0 Å². The largest absolute Gasteiger partial charge is 0.484 e. The number of aromatic carboxylic acids is 1. The number of nitrogens with one attached hydrogen (secondary N) is 1. The molecule has 0 saturated heterocycles. The zero-order chi connectivity index (χ0) is 22.0. The maximum absolute atomic E-state index is 12.6. The third kappa shape index (κ3) is 4.77. The quantitative estimate of drug-likeness (QED) is 0.556. The van der Waals surface area contributed by atoms with E-state index in [1.807, 2.05) is 19.1 Å². The highest BCUT2D eigenvalue weighted by atomic mass is 16.5. The van der Waals surface area contributed by atoms with Crippen molar-refractivity contribution in [2.24, 2.45) is 0 Å². The van der Waals surface area contributed by atoms with Crippen LogP contribution in [0.15, 0.2) is 59.3 Å². The number of aryl methyl sites for hydroxylation is 1. The fourth-order valence-corrected chi connectivity index (χ4v) is 3.52. The second kappa shape index (κ2) is 8.63. The lowest BCUT2D eigenvalue weighted by molar-refractivity contribution is 0.0696. The number of ether oxygens (including phenoxy) is 1. The Labute approximate surface area is 180 Å². The molecule has 0 radical (unpaired) electrons. The van der Waals surface area contributed by atoms with Crippen LogP contribution in [0.2, 0.25) is 0 Å². The van der Waals surface area contributed by atoms with Gasteiger partial charge in [0, 0.05) is 0 Å². The number of carboxylic acid groups (broad SMARTS) is 1. The molecule has 2 atom stereocenters. The standard InChI is InChI=1S/C24H24N2O5/c1-14-22(30-13-25-14)23(27)26-15(2)21(18-7-5-17(6-8-18)16-3-4-16)31-20-11-9-19(10-12-20)24(28)29/h5-13,15-16,21H,3-4H2,1-2H3,(H,26,27)(H,28,29)/t15-,21-/m0/s1. The number of carbonyl (C=O) groups excluding carboxylic acids is 1. The molecule has 1 saturated carbocycles. The molecule has 7 heteroatoms. The zero-order valence-electron chi connectivity index (χ0n) is 17.4. The van der Waals surface area contributed by atoms with Crippen molar-refractivity contribution in [2.45, 2.75) is 44.8 Å². The van der Waals surface area contributed by atoms with Gasteiger partial charge in [0.25, 0.3) is 5.91 Å². The Bertz CT molecular complexity index is 1070. The molecule has 0 unspecified atom stereocenters. The molecule has 0 aliphatic heterocycles. The summed E-state index contributed by atoms with van der Waals surface area (Å²) < 4.78 is 11.4. The van der Waals surface area contributed by atoms with Crippen molar-refractivity contribution in [2.75, 3.05) is 0 Å². The summed E-state index contributed by atoms with van der Waals surface area (Å²) in [5.74, 6) is -0.0454. The molecule has 0 bridgehead atoms. The lowest BCUT2D eigenvalue weighted by Gasteiger charge is -2.26. The highest BCUT2D eigenvalue weighted by Crippen LogP contribution is 2.40. The smallest absolute Gasteiger partial charge is 0.335 e. The highest BCUT2D eigenvalue weighted by molar-refractivity contribution is 5.92. The van der Waals surface area contributed by atoms with Crippen LogP contribution >= 0.6 is 0 Å². The van der Waals surface area contributed by atoms with Crippen molar-refractivity contribution in [3.05, 3.63) is 83.1 Å². The van der Waals surface area contributed by atoms with Crippen molar-refractivity contribution in [3.8, 4) is 5.75 Å². The van der Waals surface area contributed by atoms with E-state index in [4.69, 9.17) is 14.3 Å². The van der Waals surface area contributed by atoms with E-state index < -0.39 is 18.1 Å². The van der Waals surface area contributed by atoms with Gasteiger partial charge in [0.1, 0.15) is 11.9 Å². The Morgan fingerprint density at radius 3 is 2.35 bits per heavy atom. The number of oxazole rings is 1. The van der Waals surface area contributed by atoms with E-state index in [9.17, 15) is 9.59 Å². The minimum atomic E-state index is -0.998. The van der Waals surface area contributed by atoms with Crippen molar-refractivity contribution in [3.63, 3.8) is 0 Å². The van der Waals surface area contributed by atoms with Crippen LogP contribution in [0.4, 0.5) is 0 Å². The number of rotatable bonds is 8. The molecule has 1 amide bonds. The summed E-state index contributed by atoms with van der Waals surface area (Å²) >= 11 is 0. The van der Waals surface area contributed by atoms with Crippen LogP contribution in [0.1, 0.15) is 69.5 Å². The first-order valence-corrected chi connectivity index (χ1v) is 10.2. The average molecular weight is 420 g/mol. The molecule has 1 aromatic heterocycles. The highest BCUT2D eigenvalue weighted by Gasteiger charge is 2.27. The summed E-state index contributed by atoms with van der Waals surface area (Å²) in [5.41, 5.74) is 2.91. The van der Waals surface area contributed by atoms with Crippen molar-refractivity contribution >= 4 is 11.9 Å². The minimum absolute atomic E-state index is 0.167. The van der Waals surface area contributed by atoms with Gasteiger partial charge in [-0.3, -0.25) is 4.79 Å². The number of aromatic nitrogens is 1. The first kappa shape index (κ1) is 20.7. The van der Waals surface area contributed by atoms with Crippen molar-refractivity contribution in [1.29, 1.82) is 0 Å². The SMILES string of the molecule is Cc1ncoc1C(=O)N[C@@H](C)[C@H](Oc1ccc(C(=O)O)cc1)c1ccc(C2CC2)cc1. The maximum Gasteiger partial charge on any atom is 0.335 e. The lowest BCUT2D eigenvalue weighted by Crippen LogP contribution is -2.39. The molecule has 1 fully saturated rings. The van der Waals surface area contributed by atoms with Crippen LogP contribution in [0.25, 0.3) is 0 Å². The Morgan fingerprint density at radius 1 is 1.13 bits per heavy atom. The lowest BCUT2D eigenvalue weighted by atomic mass is 10.00. The second-order valence-electron chi connectivity index (χ2n) is 7.84. The average Bonchev–Trinajstić information content (AvgIpc) is 3.52. The molecule has 0 spiro atoms. The predicted molar refractivity (Wildman–Crippen MR) is 113 cm³/mol. The third-order valence-electron chi connectivity index (χ3n) is 5.44. The number of hydrogen-bond donors (Lipinski definition) is 2. The van der Waals surface area contributed by atoms with Crippen LogP contribution in [-0.2, 0) is 0 Å². The molecule has 160 valence electrons. The van der Waals surface area contributed by atoms with Gasteiger partial charge >= 0.3 is 5.97 Å². The normalized spacial score (nSPS) is 15.2. The van der Waals surface area contributed by atoms with Crippen LogP contribution in [-0.4, -0.2) is 28.0 Å². The summed E-state index contributed by atoms with van der Waals surface area (Å²) in [4.78, 5) is 27.7. The molecule has 1 aliphatic carbocycles. The van der Waals surface area contributed by atoms with Gasteiger partial charge in [-0.2, -0.15) is 0 Å². The molecule has 1 heterocycles. The van der Waals surface area contributed by atoms with E-state index in [0.29, 0.717) is 17.4 Å². The summed E-state index contributed by atoms with van der Waals surface area (Å²) in [6, 6.07) is 14.1. The summed E-state index contributed by atoms with van der Waals surface area (Å²) in [6.07, 6.45) is 3.19. The van der Waals surface area contributed by atoms with E-state index >= 15 is 0 Å². The van der Waals surface area contributed by atoms with Crippen LogP contribution in [0.5, 0.6) is 5.75 Å². The molecule has 7 nitrogen and oxygen atoms in total. The molecule has 3 aromatic rings. The molecular weight excluding hydrogens is 396 g/mol. The molecular formula is C24H24N2O5. The maximum atomic E-state index is 12.6. The molecule has 31 heavy (non-hydrogen) atoms. The Kier molecular flexibility index (Phi) is 5.75. The Hall–Kier alpha value is -3.61. The summed E-state index contributed by atoms with van der Waals surface area (Å²) in [6.45, 7) is 3.56. The summed E-state index contributed by atoms with van der Waals surface area (Å²) in [7, 11) is 0. The van der Waals surface area contributed by atoms with Gasteiger partial charge in [0.05, 0.1) is 17.3 Å². The number of benzene rings is 2. The van der Waals surface area contributed by atoms with Crippen molar-refractivity contribution in [1.82, 2.24) is 10.3 Å². The number of nitrogens with zero attached hydrogens (tertiary/aromatic N) is 1. The van der Waals surface area contributed by atoms with Crippen LogP contribution in [0.3, 0.4) is 0 Å². The van der Waals surface area contributed by atoms with Crippen molar-refractivity contribution < 1.29 is 23.8 Å². The first-order valence-electron chi connectivity index (χ1n) is 10.2. The predicted octanol–water partition coefficient (Wildman–Crippen LogP) is 4.50. The first-order chi connectivity index (χ1) is 14.9. The fourth-order valence-electron chi connectivity index (χ4n) is 3.52. The number of amides is 1. The van der Waals surface area contributed by atoms with E-state index in [1.54, 1.807) is 19.1 Å². The molecule has 4 rings (SSSR count). The van der Waals surface area contributed by atoms with Gasteiger partial charge in [-0.25, -0.2) is 9.78 Å². The topological polar surface area (TPSA) is 102 Å². The summed E-state index contributed by atoms with van der Waals surface area (Å²) in [5, 5.41) is 12.0. The Balaban J connectivity index is 1.57. The Morgan fingerprint density at radius 2 is 1.81 bits per heavy atom. The monoisotopic (exact) mass is 420 g/mol. The number of carbonyl (C=O) groups is 2. The second-order valence-corrected chi connectivity index (χ2v) is 7.84. The minimum Gasteiger partial charge on any atom is -0.484 e. The van der Waals surface area contributed by atoms with Gasteiger partial charge < -0.3 is 19.6 Å². The van der Waals surface area contributed by atoms with Gasteiger partial charge in [0.2, 0.25) is 5.76 Å². The van der Waals surface area contributed by atoms with E-state index in [0.717, 1.165) is 5.56 Å².